The van der Waals surface area contributed by atoms with Crippen molar-refractivity contribution in [3.8, 4) is 0 Å². The minimum Gasteiger partial charge on any atom is -0.478 e. The van der Waals surface area contributed by atoms with E-state index in [1.165, 1.54) is 25.5 Å². The number of piperidine rings is 1. The summed E-state index contributed by atoms with van der Waals surface area (Å²) in [5.41, 5.74) is 0.866. The maximum absolute atomic E-state index is 12.7. The number of ether oxygens (including phenoxy) is 2. The molecule has 4 heterocycles. The molecule has 2 atom stereocenters. The zero-order valence-corrected chi connectivity index (χ0v) is 20.0. The number of carbonyl (C=O) groups is 4. The van der Waals surface area contributed by atoms with Gasteiger partial charge in [0, 0.05) is 37.8 Å². The molecule has 0 spiro atoms. The van der Waals surface area contributed by atoms with E-state index in [1.807, 2.05) is 0 Å². The molecule has 2 saturated heterocycles. The van der Waals surface area contributed by atoms with Crippen molar-refractivity contribution in [3.63, 3.8) is 0 Å². The number of likely N-dealkylation sites (tertiary alicyclic amines) is 1. The van der Waals surface area contributed by atoms with Gasteiger partial charge in [0.05, 0.1) is 37.8 Å². The van der Waals surface area contributed by atoms with Crippen molar-refractivity contribution in [2.75, 3.05) is 32.6 Å². The summed E-state index contributed by atoms with van der Waals surface area (Å²) >= 11 is 1.34. The molecule has 12 heteroatoms. The monoisotopic (exact) mass is 495 g/mol. The predicted octanol–water partition coefficient (Wildman–Crippen LogP) is 1.61. The number of nitrogens with one attached hydrogen (secondary N) is 1. The Bertz CT molecular complexity index is 956. The molecule has 0 radical (unpaired) electrons. The number of anilines is 1. The van der Waals surface area contributed by atoms with Gasteiger partial charge in [-0.05, 0) is 24.8 Å². The highest BCUT2D eigenvalue weighted by Crippen LogP contribution is 2.39. The second kappa shape index (κ2) is 10.4. The van der Waals surface area contributed by atoms with E-state index in [-0.39, 0.29) is 44.2 Å². The van der Waals surface area contributed by atoms with Gasteiger partial charge in [0.1, 0.15) is 11.2 Å². The van der Waals surface area contributed by atoms with E-state index in [0.29, 0.717) is 17.2 Å². The Morgan fingerprint density at radius 1 is 1.21 bits per heavy atom. The summed E-state index contributed by atoms with van der Waals surface area (Å²) in [6.07, 6.45) is 2.15. The number of hydrogen-bond acceptors (Lipinski definition) is 9. The largest absolute Gasteiger partial charge is 0.478 e. The van der Waals surface area contributed by atoms with Crippen LogP contribution in [0.1, 0.15) is 52.9 Å². The van der Waals surface area contributed by atoms with Crippen LogP contribution in [0.5, 0.6) is 0 Å². The van der Waals surface area contributed by atoms with Crippen molar-refractivity contribution >= 4 is 40.0 Å². The van der Waals surface area contributed by atoms with Crippen LogP contribution in [0.25, 0.3) is 0 Å². The second-order valence-corrected chi connectivity index (χ2v) is 9.78. The number of hydrogen-bond donors (Lipinski definition) is 2. The van der Waals surface area contributed by atoms with E-state index in [9.17, 15) is 24.3 Å². The van der Waals surface area contributed by atoms with Crippen LogP contribution >= 0.6 is 11.3 Å². The summed E-state index contributed by atoms with van der Waals surface area (Å²) in [6, 6.07) is 0. The van der Waals surface area contributed by atoms with Gasteiger partial charge in [0.25, 0.3) is 0 Å². The molecule has 0 saturated carbocycles. The molecule has 0 aliphatic carbocycles. The lowest BCUT2D eigenvalue weighted by atomic mass is 9.93. The van der Waals surface area contributed by atoms with Gasteiger partial charge in [-0.3, -0.25) is 24.1 Å². The van der Waals surface area contributed by atoms with E-state index in [1.54, 1.807) is 0 Å². The van der Waals surface area contributed by atoms with Gasteiger partial charge >= 0.3 is 5.97 Å². The number of nitrogens with zero attached hydrogens (tertiary/aromatic N) is 2. The van der Waals surface area contributed by atoms with Gasteiger partial charge in [-0.25, -0.2) is 9.86 Å². The molecule has 1 aromatic heterocycles. The van der Waals surface area contributed by atoms with E-state index in [2.05, 4.69) is 5.32 Å². The normalized spacial score (nSPS) is 23.5. The molecule has 11 nitrogen and oxygen atoms in total. The van der Waals surface area contributed by atoms with E-state index < -0.39 is 35.7 Å². The minimum atomic E-state index is -1.04. The highest BCUT2D eigenvalue weighted by molar-refractivity contribution is 7.16. The number of rotatable bonds is 7. The lowest BCUT2D eigenvalue weighted by molar-refractivity contribution is -0.178. The van der Waals surface area contributed by atoms with Crippen LogP contribution in [-0.4, -0.2) is 78.4 Å². The number of imide groups is 1. The molecule has 3 amide bonds. The first-order valence-electron chi connectivity index (χ1n) is 11.3. The number of amides is 3. The summed E-state index contributed by atoms with van der Waals surface area (Å²) in [6.45, 7) is 0.859. The molecule has 3 aliphatic rings. The number of carboxylic acid groups (broad SMARTS) is 1. The van der Waals surface area contributed by atoms with Crippen molar-refractivity contribution in [2.45, 2.75) is 57.5 Å². The topological polar surface area (TPSA) is 135 Å². The molecular formula is C22H29N3O8S. The van der Waals surface area contributed by atoms with Crippen molar-refractivity contribution < 1.29 is 38.6 Å². The number of fused-ring (bicyclic) bond motifs is 1. The standard InChI is InChI=1S/C22H29N3O8S/c1-24(31-2)21(28)12-7-17(26)25(18(27)8-12)10-13-9-14-15(11-33-13)34-20(19(14)22(29)30)23-16-5-3-4-6-32-16/h12-13,16,23H,3-11H2,1-2H3,(H,29,30). The highest BCUT2D eigenvalue weighted by atomic mass is 32.1. The lowest BCUT2D eigenvalue weighted by Gasteiger charge is -2.34. The van der Waals surface area contributed by atoms with Gasteiger partial charge in [-0.2, -0.15) is 0 Å². The fraction of sp³-hybridized carbons (Fsp3) is 0.636. The average Bonchev–Trinajstić information content (AvgIpc) is 3.18. The van der Waals surface area contributed by atoms with Crippen molar-refractivity contribution in [1.29, 1.82) is 0 Å². The number of aromatic carboxylic acids is 1. The molecule has 0 aromatic carbocycles. The molecular weight excluding hydrogens is 466 g/mol. The first kappa shape index (κ1) is 24.6. The summed E-state index contributed by atoms with van der Waals surface area (Å²) in [5, 5.41) is 14.7. The number of carbonyl (C=O) groups excluding carboxylic acids is 3. The summed E-state index contributed by atoms with van der Waals surface area (Å²) in [7, 11) is 2.77. The zero-order chi connectivity index (χ0) is 24.4. The second-order valence-electron chi connectivity index (χ2n) is 8.67. The molecule has 4 rings (SSSR count). The molecule has 2 fully saturated rings. The van der Waals surface area contributed by atoms with Gasteiger partial charge < -0.3 is 19.9 Å². The van der Waals surface area contributed by atoms with Crippen LogP contribution in [0.3, 0.4) is 0 Å². The predicted molar refractivity (Wildman–Crippen MR) is 120 cm³/mol. The average molecular weight is 496 g/mol. The Labute approximate surface area is 200 Å². The zero-order valence-electron chi connectivity index (χ0n) is 19.2. The molecule has 34 heavy (non-hydrogen) atoms. The summed E-state index contributed by atoms with van der Waals surface area (Å²) < 4.78 is 11.6. The van der Waals surface area contributed by atoms with Crippen LogP contribution in [0, 0.1) is 5.92 Å². The maximum Gasteiger partial charge on any atom is 0.338 e. The van der Waals surface area contributed by atoms with Gasteiger partial charge in [-0.1, -0.05) is 0 Å². The number of hydroxylamine groups is 2. The Morgan fingerprint density at radius 3 is 2.56 bits per heavy atom. The van der Waals surface area contributed by atoms with Crippen LogP contribution in [-0.2, 0) is 41.7 Å². The SMILES string of the molecule is CON(C)C(=O)C1CC(=O)N(CC2Cc3c(sc(NC4CCCCO4)c3C(=O)O)CO2)C(=O)C1. The number of carboxylic acids is 1. The Balaban J connectivity index is 1.44. The van der Waals surface area contributed by atoms with E-state index >= 15 is 0 Å². The van der Waals surface area contributed by atoms with Crippen LogP contribution in [0.2, 0.25) is 0 Å². The lowest BCUT2D eigenvalue weighted by Crippen LogP contribution is -2.50. The first-order chi connectivity index (χ1) is 16.3. The third kappa shape index (κ3) is 5.09. The summed E-state index contributed by atoms with van der Waals surface area (Å²) in [5.74, 6) is -3.12. The van der Waals surface area contributed by atoms with Crippen molar-refractivity contribution in [3.05, 3.63) is 16.0 Å². The van der Waals surface area contributed by atoms with Gasteiger partial charge in [0.2, 0.25) is 17.7 Å². The third-order valence-corrected chi connectivity index (χ3v) is 7.56. The Kier molecular flexibility index (Phi) is 7.51. The third-order valence-electron chi connectivity index (χ3n) is 6.42. The molecule has 0 bridgehead atoms. The fourth-order valence-corrected chi connectivity index (χ4v) is 5.74. The minimum absolute atomic E-state index is 0.0154. The van der Waals surface area contributed by atoms with Crippen LogP contribution < -0.4 is 5.32 Å². The Hall–Kier alpha value is -2.54. The van der Waals surface area contributed by atoms with Gasteiger partial charge in [0.15, 0.2) is 0 Å². The van der Waals surface area contributed by atoms with Crippen molar-refractivity contribution in [1.82, 2.24) is 9.96 Å². The fourth-order valence-electron chi connectivity index (χ4n) is 4.55. The smallest absolute Gasteiger partial charge is 0.338 e. The van der Waals surface area contributed by atoms with Crippen molar-refractivity contribution in [2.24, 2.45) is 5.92 Å². The molecule has 1 aromatic rings. The quantitative estimate of drug-likeness (QED) is 0.427. The van der Waals surface area contributed by atoms with E-state index in [4.69, 9.17) is 14.3 Å². The number of thiophene rings is 1. The molecule has 2 N–H and O–H groups in total. The Morgan fingerprint density at radius 2 is 1.94 bits per heavy atom. The molecule has 2 unspecified atom stereocenters. The molecule has 3 aliphatic heterocycles. The van der Waals surface area contributed by atoms with E-state index in [0.717, 1.165) is 34.1 Å². The summed E-state index contributed by atoms with van der Waals surface area (Å²) in [4.78, 5) is 56.5. The molecule has 186 valence electrons. The maximum atomic E-state index is 12.7. The highest BCUT2D eigenvalue weighted by Gasteiger charge is 2.40. The van der Waals surface area contributed by atoms with Crippen LogP contribution in [0.4, 0.5) is 5.00 Å². The first-order valence-corrected chi connectivity index (χ1v) is 12.1. The van der Waals surface area contributed by atoms with Crippen LogP contribution in [0.15, 0.2) is 0 Å². The van der Waals surface area contributed by atoms with Gasteiger partial charge in [-0.15, -0.1) is 11.3 Å².